The SMILES string of the molecule is C=Nc1ccc(N[C@@H]2CCC[C@](c3ccccc3)(N(C)C)CC2)cc1C(=O)N(CC)CC. The molecule has 32 heavy (non-hydrogen) atoms. The molecule has 5 heteroatoms. The van der Waals surface area contributed by atoms with Crippen LogP contribution in [0, 0.1) is 0 Å². The quantitative estimate of drug-likeness (QED) is 0.428. The highest BCUT2D eigenvalue weighted by atomic mass is 16.2. The van der Waals surface area contributed by atoms with Crippen LogP contribution in [0.5, 0.6) is 0 Å². The van der Waals surface area contributed by atoms with E-state index in [0.29, 0.717) is 30.4 Å². The molecule has 0 spiro atoms. The summed E-state index contributed by atoms with van der Waals surface area (Å²) in [5.74, 6) is 0.0117. The van der Waals surface area contributed by atoms with Crippen LogP contribution < -0.4 is 5.32 Å². The highest BCUT2D eigenvalue weighted by Gasteiger charge is 2.36. The number of aliphatic imine (C=N–C) groups is 1. The van der Waals surface area contributed by atoms with Crippen molar-refractivity contribution in [2.24, 2.45) is 4.99 Å². The van der Waals surface area contributed by atoms with Crippen LogP contribution in [-0.2, 0) is 5.54 Å². The first-order valence-corrected chi connectivity index (χ1v) is 11.8. The van der Waals surface area contributed by atoms with E-state index < -0.39 is 0 Å². The Morgan fingerprint density at radius 1 is 1.09 bits per heavy atom. The van der Waals surface area contributed by atoms with Gasteiger partial charge in [0.05, 0.1) is 11.3 Å². The number of hydrogen-bond acceptors (Lipinski definition) is 4. The summed E-state index contributed by atoms with van der Waals surface area (Å²) in [6.07, 6.45) is 5.59. The van der Waals surface area contributed by atoms with Gasteiger partial charge in [0.2, 0.25) is 0 Å². The second-order valence-electron chi connectivity index (χ2n) is 8.93. The van der Waals surface area contributed by atoms with Gasteiger partial charge in [0.15, 0.2) is 0 Å². The van der Waals surface area contributed by atoms with Crippen molar-refractivity contribution >= 4 is 24.0 Å². The van der Waals surface area contributed by atoms with Gasteiger partial charge in [-0.15, -0.1) is 0 Å². The fraction of sp³-hybridized carbons (Fsp3) is 0.481. The zero-order valence-electron chi connectivity index (χ0n) is 20.1. The maximum Gasteiger partial charge on any atom is 0.256 e. The second-order valence-corrected chi connectivity index (χ2v) is 8.93. The molecule has 2 aromatic rings. The fourth-order valence-corrected chi connectivity index (χ4v) is 5.06. The molecule has 5 nitrogen and oxygen atoms in total. The first-order valence-electron chi connectivity index (χ1n) is 11.8. The maximum absolute atomic E-state index is 13.0. The van der Waals surface area contributed by atoms with E-state index in [1.54, 1.807) is 0 Å². The third-order valence-electron chi connectivity index (χ3n) is 7.04. The third-order valence-corrected chi connectivity index (χ3v) is 7.04. The summed E-state index contributed by atoms with van der Waals surface area (Å²) < 4.78 is 0. The van der Waals surface area contributed by atoms with Crippen LogP contribution in [0.3, 0.4) is 0 Å². The molecule has 0 heterocycles. The third kappa shape index (κ3) is 5.04. The van der Waals surface area contributed by atoms with E-state index in [-0.39, 0.29) is 11.4 Å². The van der Waals surface area contributed by atoms with Crippen molar-refractivity contribution < 1.29 is 4.79 Å². The van der Waals surface area contributed by atoms with Crippen molar-refractivity contribution in [3.05, 3.63) is 59.7 Å². The van der Waals surface area contributed by atoms with E-state index in [4.69, 9.17) is 0 Å². The Hall–Kier alpha value is -2.66. The minimum Gasteiger partial charge on any atom is -0.382 e. The van der Waals surface area contributed by atoms with Crippen molar-refractivity contribution in [2.75, 3.05) is 32.5 Å². The molecule has 2 aromatic carbocycles. The van der Waals surface area contributed by atoms with Gasteiger partial charge in [-0.2, -0.15) is 0 Å². The number of anilines is 1. The zero-order valence-corrected chi connectivity index (χ0v) is 20.1. The van der Waals surface area contributed by atoms with Gasteiger partial charge in [-0.3, -0.25) is 14.7 Å². The second kappa shape index (κ2) is 10.8. The molecule has 0 radical (unpaired) electrons. The molecular formula is C27H38N4O. The van der Waals surface area contributed by atoms with Crippen molar-refractivity contribution in [2.45, 2.75) is 57.5 Å². The first kappa shape index (κ1) is 24.0. The number of nitrogens with zero attached hydrogens (tertiary/aromatic N) is 3. The molecule has 0 saturated heterocycles. The summed E-state index contributed by atoms with van der Waals surface area (Å²) in [7, 11) is 4.40. The summed E-state index contributed by atoms with van der Waals surface area (Å²) >= 11 is 0. The topological polar surface area (TPSA) is 47.9 Å². The Labute approximate surface area is 193 Å². The lowest BCUT2D eigenvalue weighted by Gasteiger charge is -2.40. The summed E-state index contributed by atoms with van der Waals surface area (Å²) in [6, 6.07) is 17.1. The Balaban J connectivity index is 1.79. The Bertz CT molecular complexity index is 907. The van der Waals surface area contributed by atoms with Crippen LogP contribution in [0.15, 0.2) is 53.5 Å². The zero-order chi connectivity index (χ0) is 23.1. The predicted molar refractivity (Wildman–Crippen MR) is 135 cm³/mol. The average Bonchev–Trinajstić information content (AvgIpc) is 3.04. The number of carbonyl (C=O) groups is 1. The van der Waals surface area contributed by atoms with Crippen LogP contribution in [0.25, 0.3) is 0 Å². The summed E-state index contributed by atoms with van der Waals surface area (Å²) in [4.78, 5) is 21.3. The molecule has 0 aromatic heterocycles. The molecule has 1 amide bonds. The molecule has 0 unspecified atom stereocenters. The van der Waals surface area contributed by atoms with E-state index in [1.807, 2.05) is 36.9 Å². The van der Waals surface area contributed by atoms with E-state index >= 15 is 0 Å². The van der Waals surface area contributed by atoms with Crippen LogP contribution in [0.1, 0.15) is 61.9 Å². The average molecular weight is 435 g/mol. The van der Waals surface area contributed by atoms with Crippen LogP contribution in [0.4, 0.5) is 11.4 Å². The number of carbonyl (C=O) groups excluding carboxylic acids is 1. The molecule has 0 aliphatic heterocycles. The van der Waals surface area contributed by atoms with E-state index in [1.165, 1.54) is 5.56 Å². The lowest BCUT2D eigenvalue weighted by Crippen LogP contribution is -2.41. The number of benzene rings is 2. The number of rotatable bonds is 8. The minimum absolute atomic E-state index is 0.0117. The molecule has 1 aliphatic carbocycles. The van der Waals surface area contributed by atoms with E-state index in [2.05, 4.69) is 66.4 Å². The largest absolute Gasteiger partial charge is 0.382 e. The van der Waals surface area contributed by atoms with Crippen molar-refractivity contribution in [1.29, 1.82) is 0 Å². The number of nitrogens with one attached hydrogen (secondary N) is 1. The summed E-state index contributed by atoms with van der Waals surface area (Å²) in [5.41, 5.74) is 3.71. The van der Waals surface area contributed by atoms with Gasteiger partial charge in [-0.25, -0.2) is 0 Å². The highest BCUT2D eigenvalue weighted by Crippen LogP contribution is 2.40. The van der Waals surface area contributed by atoms with Crippen molar-refractivity contribution in [3.8, 4) is 0 Å². The van der Waals surface area contributed by atoms with Gasteiger partial charge in [0.1, 0.15) is 0 Å². The van der Waals surface area contributed by atoms with Crippen molar-refractivity contribution in [1.82, 2.24) is 9.80 Å². The Kier molecular flexibility index (Phi) is 8.08. The molecule has 1 saturated carbocycles. The molecule has 2 atom stereocenters. The van der Waals surface area contributed by atoms with Crippen molar-refractivity contribution in [3.63, 3.8) is 0 Å². The summed E-state index contributed by atoms with van der Waals surface area (Å²) in [6.45, 7) is 9.02. The molecule has 3 rings (SSSR count). The van der Waals surface area contributed by atoms with Gasteiger partial charge >= 0.3 is 0 Å². The van der Waals surface area contributed by atoms with Gasteiger partial charge in [-0.05, 0) is 90.5 Å². The van der Waals surface area contributed by atoms with Crippen LogP contribution in [-0.4, -0.2) is 55.7 Å². The Morgan fingerprint density at radius 3 is 2.44 bits per heavy atom. The normalized spacial score (nSPS) is 21.1. The predicted octanol–water partition coefficient (Wildman–Crippen LogP) is 5.70. The maximum atomic E-state index is 13.0. The van der Waals surface area contributed by atoms with Gasteiger partial charge in [0, 0.05) is 30.4 Å². The summed E-state index contributed by atoms with van der Waals surface area (Å²) in [5, 5.41) is 3.72. The van der Waals surface area contributed by atoms with Gasteiger partial charge in [0.25, 0.3) is 5.91 Å². The molecular weight excluding hydrogens is 396 g/mol. The van der Waals surface area contributed by atoms with Gasteiger partial charge < -0.3 is 10.2 Å². The smallest absolute Gasteiger partial charge is 0.256 e. The molecule has 0 bridgehead atoms. The Morgan fingerprint density at radius 2 is 1.81 bits per heavy atom. The van der Waals surface area contributed by atoms with Crippen LogP contribution in [0.2, 0.25) is 0 Å². The fourth-order valence-electron chi connectivity index (χ4n) is 5.06. The molecule has 1 aliphatic rings. The lowest BCUT2D eigenvalue weighted by atomic mass is 9.81. The van der Waals surface area contributed by atoms with Gasteiger partial charge in [-0.1, -0.05) is 30.3 Å². The standard InChI is InChI=1S/C27H38N4O/c1-6-31(7-2)26(32)24-20-23(15-16-25(24)28-3)29-22-14-11-18-27(19-17-22,30(4)5)21-12-9-8-10-13-21/h8-10,12-13,15-16,20,22,29H,3,6-7,11,14,17-19H2,1-2,4-5H3/t22-,27+/m1/s1. The molecule has 172 valence electrons. The lowest BCUT2D eigenvalue weighted by molar-refractivity contribution is 0.0774. The highest BCUT2D eigenvalue weighted by molar-refractivity contribution is 6.00. The van der Waals surface area contributed by atoms with E-state index in [0.717, 1.165) is 37.8 Å². The molecule has 1 fully saturated rings. The first-order chi connectivity index (χ1) is 15.4. The number of amides is 1. The minimum atomic E-state index is 0.0117. The monoisotopic (exact) mass is 434 g/mol. The van der Waals surface area contributed by atoms with Crippen LogP contribution >= 0.6 is 0 Å². The molecule has 1 N–H and O–H groups in total. The number of hydrogen-bond donors (Lipinski definition) is 1. The van der Waals surface area contributed by atoms with E-state index in [9.17, 15) is 4.79 Å².